The van der Waals surface area contributed by atoms with Crippen LogP contribution in [0.2, 0.25) is 0 Å². The molecule has 1 atom stereocenters. The average molecular weight is 238 g/mol. The summed E-state index contributed by atoms with van der Waals surface area (Å²) in [7, 11) is 0. The minimum Gasteiger partial charge on any atom is -0.378 e. The Morgan fingerprint density at radius 1 is 1.47 bits per heavy atom. The van der Waals surface area contributed by atoms with Crippen molar-refractivity contribution in [2.75, 3.05) is 5.73 Å². The molecule has 2 N–H and O–H groups in total. The van der Waals surface area contributed by atoms with Gasteiger partial charge in [-0.05, 0) is 25.7 Å². The van der Waals surface area contributed by atoms with Gasteiger partial charge in [0.25, 0.3) is 0 Å². The van der Waals surface area contributed by atoms with Crippen LogP contribution in [-0.2, 0) is 0 Å². The van der Waals surface area contributed by atoms with Crippen molar-refractivity contribution < 1.29 is 4.92 Å². The third-order valence-corrected chi connectivity index (χ3v) is 3.37. The van der Waals surface area contributed by atoms with E-state index in [0.717, 1.165) is 12.8 Å². The molecular formula is C11H18N4O2. The van der Waals surface area contributed by atoms with E-state index in [-0.39, 0.29) is 23.5 Å². The Labute approximate surface area is 99.9 Å². The molecule has 1 aromatic rings. The molecule has 0 spiro atoms. The number of nitrogens with two attached hydrogens (primary N) is 1. The topological polar surface area (TPSA) is 87.0 Å². The number of hydrogen-bond acceptors (Lipinski definition) is 4. The summed E-state index contributed by atoms with van der Waals surface area (Å²) in [4.78, 5) is 10.6. The minimum atomic E-state index is -0.423. The predicted octanol–water partition coefficient (Wildman–Crippen LogP) is 2.47. The van der Waals surface area contributed by atoms with Crippen LogP contribution >= 0.6 is 0 Å². The molecule has 1 aliphatic carbocycles. The predicted molar refractivity (Wildman–Crippen MR) is 64.8 cm³/mol. The zero-order chi connectivity index (χ0) is 12.7. The summed E-state index contributed by atoms with van der Waals surface area (Å²) in [5.74, 6) is 0.764. The lowest BCUT2D eigenvalue weighted by Crippen LogP contribution is -2.12. The van der Waals surface area contributed by atoms with Crippen molar-refractivity contribution in [3.63, 3.8) is 0 Å². The second kappa shape index (κ2) is 4.01. The van der Waals surface area contributed by atoms with Gasteiger partial charge in [0, 0.05) is 5.92 Å². The van der Waals surface area contributed by atoms with Crippen LogP contribution in [0.15, 0.2) is 0 Å². The van der Waals surface area contributed by atoms with Crippen molar-refractivity contribution in [2.45, 2.75) is 45.6 Å². The van der Waals surface area contributed by atoms with Crippen LogP contribution in [0.4, 0.5) is 11.5 Å². The molecule has 0 radical (unpaired) electrons. The third kappa shape index (κ3) is 1.99. The third-order valence-electron chi connectivity index (χ3n) is 3.37. The fourth-order valence-electron chi connectivity index (χ4n) is 2.12. The molecule has 2 rings (SSSR count). The molecule has 17 heavy (non-hydrogen) atoms. The van der Waals surface area contributed by atoms with E-state index < -0.39 is 4.92 Å². The zero-order valence-corrected chi connectivity index (χ0v) is 10.4. The Balaban J connectivity index is 2.47. The summed E-state index contributed by atoms with van der Waals surface area (Å²) in [6.07, 6.45) is 2.32. The fourth-order valence-corrected chi connectivity index (χ4v) is 2.12. The second-order valence-electron chi connectivity index (χ2n) is 5.05. The van der Waals surface area contributed by atoms with Crippen LogP contribution in [0.5, 0.6) is 0 Å². The number of rotatable bonds is 4. The summed E-state index contributed by atoms with van der Waals surface area (Å²) in [5, 5.41) is 15.4. The van der Waals surface area contributed by atoms with Crippen molar-refractivity contribution in [3.05, 3.63) is 15.8 Å². The Hall–Kier alpha value is -1.59. The Kier molecular flexibility index (Phi) is 2.81. The van der Waals surface area contributed by atoms with Gasteiger partial charge < -0.3 is 5.73 Å². The smallest absolute Gasteiger partial charge is 0.334 e. The van der Waals surface area contributed by atoms with E-state index >= 15 is 0 Å². The highest BCUT2D eigenvalue weighted by Crippen LogP contribution is 2.42. The lowest BCUT2D eigenvalue weighted by atomic mass is 10.1. The highest BCUT2D eigenvalue weighted by molar-refractivity contribution is 5.57. The van der Waals surface area contributed by atoms with Crippen LogP contribution < -0.4 is 5.73 Å². The van der Waals surface area contributed by atoms with Gasteiger partial charge in [-0.15, -0.1) is 0 Å². The first-order valence-electron chi connectivity index (χ1n) is 5.95. The first kappa shape index (κ1) is 11.9. The summed E-state index contributed by atoms with van der Waals surface area (Å²) in [6.45, 7) is 5.80. The van der Waals surface area contributed by atoms with E-state index in [2.05, 4.69) is 5.10 Å². The Bertz CT molecular complexity index is 449. The van der Waals surface area contributed by atoms with E-state index in [1.54, 1.807) is 4.68 Å². The fraction of sp³-hybridized carbons (Fsp3) is 0.727. The molecule has 0 aromatic carbocycles. The summed E-state index contributed by atoms with van der Waals surface area (Å²) in [5.41, 5.74) is 6.33. The number of hydrogen-bond donors (Lipinski definition) is 1. The van der Waals surface area contributed by atoms with E-state index in [1.165, 1.54) is 0 Å². The van der Waals surface area contributed by atoms with Crippen LogP contribution in [0, 0.1) is 16.0 Å². The first-order chi connectivity index (χ1) is 7.93. The van der Waals surface area contributed by atoms with Crippen LogP contribution in [0.3, 0.4) is 0 Å². The lowest BCUT2D eigenvalue weighted by molar-refractivity contribution is -0.384. The van der Waals surface area contributed by atoms with Gasteiger partial charge in [0.1, 0.15) is 5.69 Å². The Morgan fingerprint density at radius 3 is 2.41 bits per heavy atom. The average Bonchev–Trinajstić information content (AvgIpc) is 3.00. The SMILES string of the molecule is CC(C)c1nn(C(C)C2CC2)c(N)c1[N+](=O)[O-]. The van der Waals surface area contributed by atoms with Gasteiger partial charge in [-0.1, -0.05) is 13.8 Å². The van der Waals surface area contributed by atoms with E-state index in [1.807, 2.05) is 20.8 Å². The zero-order valence-electron chi connectivity index (χ0n) is 10.4. The monoisotopic (exact) mass is 238 g/mol. The minimum absolute atomic E-state index is 0.00496. The highest BCUT2D eigenvalue weighted by atomic mass is 16.6. The summed E-state index contributed by atoms with van der Waals surface area (Å²) < 4.78 is 1.63. The molecule has 94 valence electrons. The molecule has 0 aliphatic heterocycles. The van der Waals surface area contributed by atoms with Crippen molar-refractivity contribution >= 4 is 11.5 Å². The van der Waals surface area contributed by atoms with Gasteiger partial charge in [-0.2, -0.15) is 5.10 Å². The van der Waals surface area contributed by atoms with Crippen molar-refractivity contribution in [1.29, 1.82) is 0 Å². The van der Waals surface area contributed by atoms with E-state index in [0.29, 0.717) is 11.6 Å². The van der Waals surface area contributed by atoms with Gasteiger partial charge in [-0.3, -0.25) is 10.1 Å². The maximum absolute atomic E-state index is 11.0. The number of aromatic nitrogens is 2. The van der Waals surface area contributed by atoms with Crippen molar-refractivity contribution in [3.8, 4) is 0 Å². The summed E-state index contributed by atoms with van der Waals surface area (Å²) in [6, 6.07) is 0.154. The van der Waals surface area contributed by atoms with Gasteiger partial charge in [0.2, 0.25) is 5.82 Å². The summed E-state index contributed by atoms with van der Waals surface area (Å²) >= 11 is 0. The lowest BCUT2D eigenvalue weighted by Gasteiger charge is -2.11. The Morgan fingerprint density at radius 2 is 2.06 bits per heavy atom. The van der Waals surface area contributed by atoms with Gasteiger partial charge in [-0.25, -0.2) is 4.68 Å². The van der Waals surface area contributed by atoms with Crippen molar-refractivity contribution in [1.82, 2.24) is 9.78 Å². The number of nitrogens with zero attached hydrogens (tertiary/aromatic N) is 3. The maximum Gasteiger partial charge on any atom is 0.334 e. The van der Waals surface area contributed by atoms with E-state index in [9.17, 15) is 10.1 Å². The quantitative estimate of drug-likeness (QED) is 0.644. The largest absolute Gasteiger partial charge is 0.378 e. The highest BCUT2D eigenvalue weighted by Gasteiger charge is 2.35. The molecule has 1 fully saturated rings. The molecule has 1 saturated carbocycles. The van der Waals surface area contributed by atoms with Gasteiger partial charge >= 0.3 is 5.69 Å². The van der Waals surface area contributed by atoms with E-state index in [4.69, 9.17) is 5.73 Å². The molecule has 1 aliphatic rings. The molecule has 6 heteroatoms. The normalized spacial score (nSPS) is 17.4. The molecule has 0 saturated heterocycles. The van der Waals surface area contributed by atoms with Crippen LogP contribution in [0.25, 0.3) is 0 Å². The van der Waals surface area contributed by atoms with Gasteiger partial charge in [0.15, 0.2) is 0 Å². The number of nitrogen functional groups attached to an aromatic ring is 1. The maximum atomic E-state index is 11.0. The molecule has 0 amide bonds. The molecular weight excluding hydrogens is 220 g/mol. The molecule has 1 unspecified atom stereocenters. The van der Waals surface area contributed by atoms with Crippen LogP contribution in [-0.4, -0.2) is 14.7 Å². The van der Waals surface area contributed by atoms with Crippen LogP contribution in [0.1, 0.15) is 51.3 Å². The second-order valence-corrected chi connectivity index (χ2v) is 5.05. The molecule has 1 heterocycles. The van der Waals surface area contributed by atoms with Gasteiger partial charge in [0.05, 0.1) is 11.0 Å². The molecule has 6 nitrogen and oxygen atoms in total. The number of nitro groups is 1. The van der Waals surface area contributed by atoms with Crippen molar-refractivity contribution in [2.24, 2.45) is 5.92 Å². The first-order valence-corrected chi connectivity index (χ1v) is 5.95. The number of anilines is 1. The standard InChI is InChI=1S/C11H18N4O2/c1-6(2)9-10(15(16)17)11(12)14(13-9)7(3)8-4-5-8/h6-8H,4-5,12H2,1-3H3. The molecule has 1 aromatic heterocycles. The molecule has 0 bridgehead atoms.